The number of carbonyl (C=O) groups excluding carboxylic acids is 1. The topological polar surface area (TPSA) is 58.6 Å². The SMILES string of the molecule is CC(NC(CO)C(C)C)C(=O)OC(C)(C)C. The Morgan fingerprint density at radius 2 is 1.81 bits per heavy atom. The van der Waals surface area contributed by atoms with E-state index in [-0.39, 0.29) is 24.5 Å². The van der Waals surface area contributed by atoms with Crippen LogP contribution >= 0.6 is 0 Å². The molecule has 2 atom stereocenters. The second-order valence-electron chi connectivity index (χ2n) is 5.45. The van der Waals surface area contributed by atoms with Gasteiger partial charge in [0.25, 0.3) is 0 Å². The van der Waals surface area contributed by atoms with Crippen molar-refractivity contribution in [1.29, 1.82) is 0 Å². The summed E-state index contributed by atoms with van der Waals surface area (Å²) in [6.07, 6.45) is 0. The molecule has 0 amide bonds. The van der Waals surface area contributed by atoms with Crippen molar-refractivity contribution in [1.82, 2.24) is 5.32 Å². The summed E-state index contributed by atoms with van der Waals surface area (Å²) >= 11 is 0. The Morgan fingerprint density at radius 1 is 1.31 bits per heavy atom. The maximum absolute atomic E-state index is 11.7. The third-order valence-electron chi connectivity index (χ3n) is 2.23. The number of hydrogen-bond donors (Lipinski definition) is 2. The van der Waals surface area contributed by atoms with Gasteiger partial charge in [-0.25, -0.2) is 0 Å². The standard InChI is InChI=1S/C12H25NO3/c1-8(2)10(7-14)13-9(3)11(15)16-12(4,5)6/h8-10,13-14H,7H2,1-6H3. The van der Waals surface area contributed by atoms with Gasteiger partial charge in [-0.15, -0.1) is 0 Å². The van der Waals surface area contributed by atoms with Crippen LogP contribution in [0.2, 0.25) is 0 Å². The van der Waals surface area contributed by atoms with Crippen molar-refractivity contribution in [2.45, 2.75) is 59.2 Å². The normalized spacial score (nSPS) is 16.0. The summed E-state index contributed by atoms with van der Waals surface area (Å²) in [7, 11) is 0. The molecule has 0 aliphatic heterocycles. The molecular formula is C12H25NO3. The van der Waals surface area contributed by atoms with Gasteiger partial charge in [-0.3, -0.25) is 10.1 Å². The van der Waals surface area contributed by atoms with Gasteiger partial charge in [-0.1, -0.05) is 13.8 Å². The molecule has 2 N–H and O–H groups in total. The van der Waals surface area contributed by atoms with Crippen LogP contribution in [0, 0.1) is 5.92 Å². The molecule has 0 spiro atoms. The number of carbonyl (C=O) groups is 1. The second kappa shape index (κ2) is 6.21. The third kappa shape index (κ3) is 6.08. The van der Waals surface area contributed by atoms with Crippen molar-refractivity contribution in [2.75, 3.05) is 6.61 Å². The average Bonchev–Trinajstić information content (AvgIpc) is 2.10. The third-order valence-corrected chi connectivity index (χ3v) is 2.23. The molecule has 0 radical (unpaired) electrons. The lowest BCUT2D eigenvalue weighted by atomic mass is 10.0. The van der Waals surface area contributed by atoms with Gasteiger partial charge in [-0.2, -0.15) is 0 Å². The Balaban J connectivity index is 4.24. The molecule has 0 aromatic rings. The van der Waals surface area contributed by atoms with Gasteiger partial charge in [-0.05, 0) is 33.6 Å². The van der Waals surface area contributed by atoms with Crippen molar-refractivity contribution < 1.29 is 14.6 Å². The van der Waals surface area contributed by atoms with E-state index in [0.29, 0.717) is 0 Å². The molecule has 0 fully saturated rings. The Bertz CT molecular complexity index is 221. The zero-order valence-corrected chi connectivity index (χ0v) is 11.2. The molecule has 16 heavy (non-hydrogen) atoms. The van der Waals surface area contributed by atoms with Crippen LogP contribution in [0.1, 0.15) is 41.5 Å². The van der Waals surface area contributed by atoms with E-state index in [1.165, 1.54) is 0 Å². The van der Waals surface area contributed by atoms with E-state index >= 15 is 0 Å². The number of nitrogens with one attached hydrogen (secondary N) is 1. The highest BCUT2D eigenvalue weighted by molar-refractivity contribution is 5.75. The Labute approximate surface area is 98.4 Å². The van der Waals surface area contributed by atoms with Gasteiger partial charge in [0, 0.05) is 6.04 Å². The molecule has 0 aromatic heterocycles. The summed E-state index contributed by atoms with van der Waals surface area (Å²) in [4.78, 5) is 11.7. The van der Waals surface area contributed by atoms with Crippen LogP contribution < -0.4 is 5.32 Å². The highest BCUT2D eigenvalue weighted by Gasteiger charge is 2.24. The van der Waals surface area contributed by atoms with Crippen LogP contribution in [0.15, 0.2) is 0 Å². The van der Waals surface area contributed by atoms with Gasteiger partial charge in [0.15, 0.2) is 0 Å². The minimum atomic E-state index is -0.473. The van der Waals surface area contributed by atoms with E-state index in [2.05, 4.69) is 5.32 Å². The fourth-order valence-corrected chi connectivity index (χ4v) is 1.24. The average molecular weight is 231 g/mol. The largest absolute Gasteiger partial charge is 0.459 e. The van der Waals surface area contributed by atoms with Gasteiger partial charge in [0.1, 0.15) is 11.6 Å². The summed E-state index contributed by atoms with van der Waals surface area (Å²) in [6.45, 7) is 11.3. The van der Waals surface area contributed by atoms with Crippen molar-refractivity contribution in [2.24, 2.45) is 5.92 Å². The molecule has 0 rings (SSSR count). The van der Waals surface area contributed by atoms with E-state index in [1.54, 1.807) is 6.92 Å². The first-order valence-corrected chi connectivity index (χ1v) is 5.77. The number of ether oxygens (including phenoxy) is 1. The molecule has 0 aliphatic rings. The number of esters is 1. The maximum atomic E-state index is 11.7. The van der Waals surface area contributed by atoms with Crippen LogP contribution in [0.25, 0.3) is 0 Å². The Hall–Kier alpha value is -0.610. The number of rotatable bonds is 5. The zero-order valence-electron chi connectivity index (χ0n) is 11.2. The summed E-state index contributed by atoms with van der Waals surface area (Å²) in [6, 6.07) is -0.485. The van der Waals surface area contributed by atoms with Gasteiger partial charge >= 0.3 is 5.97 Å². The molecule has 96 valence electrons. The molecule has 0 saturated heterocycles. The van der Waals surface area contributed by atoms with E-state index in [9.17, 15) is 4.79 Å². The van der Waals surface area contributed by atoms with Crippen LogP contribution in [0.4, 0.5) is 0 Å². The first-order chi connectivity index (χ1) is 7.17. The predicted molar refractivity (Wildman–Crippen MR) is 64.2 cm³/mol. The van der Waals surface area contributed by atoms with Gasteiger partial charge in [0.05, 0.1) is 6.61 Å². The molecule has 0 aliphatic carbocycles. The minimum Gasteiger partial charge on any atom is -0.459 e. The van der Waals surface area contributed by atoms with Crippen LogP contribution in [0.5, 0.6) is 0 Å². The highest BCUT2D eigenvalue weighted by atomic mass is 16.6. The highest BCUT2D eigenvalue weighted by Crippen LogP contribution is 2.09. The van der Waals surface area contributed by atoms with E-state index in [1.807, 2.05) is 34.6 Å². The molecule has 0 bridgehead atoms. The molecular weight excluding hydrogens is 206 g/mol. The molecule has 2 unspecified atom stereocenters. The molecule has 4 nitrogen and oxygen atoms in total. The summed E-state index contributed by atoms with van der Waals surface area (Å²) < 4.78 is 5.24. The molecule has 4 heteroatoms. The van der Waals surface area contributed by atoms with Crippen molar-refractivity contribution in [3.8, 4) is 0 Å². The lowest BCUT2D eigenvalue weighted by Crippen LogP contribution is -2.47. The van der Waals surface area contributed by atoms with Crippen LogP contribution in [0.3, 0.4) is 0 Å². The monoisotopic (exact) mass is 231 g/mol. The Morgan fingerprint density at radius 3 is 2.12 bits per heavy atom. The van der Waals surface area contributed by atoms with Gasteiger partial charge in [0.2, 0.25) is 0 Å². The second-order valence-corrected chi connectivity index (χ2v) is 5.45. The lowest BCUT2D eigenvalue weighted by molar-refractivity contribution is -0.157. The van der Waals surface area contributed by atoms with E-state index in [0.717, 1.165) is 0 Å². The maximum Gasteiger partial charge on any atom is 0.323 e. The van der Waals surface area contributed by atoms with Crippen molar-refractivity contribution in [3.05, 3.63) is 0 Å². The van der Waals surface area contributed by atoms with Crippen molar-refractivity contribution in [3.63, 3.8) is 0 Å². The van der Waals surface area contributed by atoms with E-state index < -0.39 is 11.6 Å². The van der Waals surface area contributed by atoms with Crippen LogP contribution in [-0.2, 0) is 9.53 Å². The fraction of sp³-hybridized carbons (Fsp3) is 0.917. The smallest absolute Gasteiger partial charge is 0.323 e. The van der Waals surface area contributed by atoms with E-state index in [4.69, 9.17) is 9.84 Å². The van der Waals surface area contributed by atoms with Crippen molar-refractivity contribution >= 4 is 5.97 Å². The minimum absolute atomic E-state index is 0.0187. The number of aliphatic hydroxyl groups excluding tert-OH is 1. The van der Waals surface area contributed by atoms with Gasteiger partial charge < -0.3 is 9.84 Å². The molecule has 0 saturated carbocycles. The van der Waals surface area contributed by atoms with Crippen LogP contribution in [-0.4, -0.2) is 35.4 Å². The summed E-state index contributed by atoms with van der Waals surface area (Å²) in [5.41, 5.74) is -0.473. The first-order valence-electron chi connectivity index (χ1n) is 5.77. The lowest BCUT2D eigenvalue weighted by Gasteiger charge is -2.26. The number of aliphatic hydroxyl groups is 1. The molecule has 0 aromatic carbocycles. The summed E-state index contributed by atoms with van der Waals surface area (Å²) in [5.74, 6) is -0.0125. The predicted octanol–water partition coefficient (Wildman–Crippen LogP) is 1.32. The number of hydrogen-bond acceptors (Lipinski definition) is 4. The fourth-order valence-electron chi connectivity index (χ4n) is 1.24. The zero-order chi connectivity index (χ0) is 12.9. The first kappa shape index (κ1) is 15.4. The Kier molecular flexibility index (Phi) is 5.97. The summed E-state index contributed by atoms with van der Waals surface area (Å²) in [5, 5.41) is 12.2. The molecule has 0 heterocycles. The quantitative estimate of drug-likeness (QED) is 0.701.